The first-order chi connectivity index (χ1) is 9.65. The van der Waals surface area contributed by atoms with Crippen LogP contribution in [-0.4, -0.2) is 26.0 Å². The molecule has 0 aromatic carbocycles. The number of carboxylic acids is 1. The number of nitrogens with zero attached hydrogens (tertiary/aromatic N) is 3. The Hall–Kier alpha value is -2.30. The Labute approximate surface area is 116 Å². The van der Waals surface area contributed by atoms with Crippen LogP contribution in [0.2, 0.25) is 0 Å². The van der Waals surface area contributed by atoms with Crippen molar-refractivity contribution in [2.24, 2.45) is 5.92 Å². The molecule has 0 radical (unpaired) electrons. The highest BCUT2D eigenvalue weighted by Crippen LogP contribution is 2.28. The van der Waals surface area contributed by atoms with Gasteiger partial charge < -0.3 is 5.11 Å². The number of rotatable bonds is 2. The number of hydrogen-bond acceptors (Lipinski definition) is 4. The molecule has 102 valence electrons. The molecule has 5 heteroatoms. The first-order valence-electron chi connectivity index (χ1n) is 6.64. The van der Waals surface area contributed by atoms with Crippen LogP contribution < -0.4 is 0 Å². The van der Waals surface area contributed by atoms with Crippen LogP contribution in [0.5, 0.6) is 0 Å². The Morgan fingerprint density at radius 1 is 1.30 bits per heavy atom. The molecular weight excluding hydrogens is 254 g/mol. The third kappa shape index (κ3) is 2.27. The van der Waals surface area contributed by atoms with Crippen LogP contribution >= 0.6 is 0 Å². The highest BCUT2D eigenvalue weighted by Gasteiger charge is 2.27. The van der Waals surface area contributed by atoms with Crippen LogP contribution in [0, 0.1) is 12.8 Å². The molecule has 0 amide bonds. The van der Waals surface area contributed by atoms with E-state index in [2.05, 4.69) is 15.0 Å². The van der Waals surface area contributed by atoms with Gasteiger partial charge in [0.15, 0.2) is 5.82 Å². The zero-order chi connectivity index (χ0) is 14.1. The van der Waals surface area contributed by atoms with Gasteiger partial charge in [-0.3, -0.25) is 9.78 Å². The van der Waals surface area contributed by atoms with Crippen molar-refractivity contribution in [3.63, 3.8) is 0 Å². The maximum Gasteiger partial charge on any atom is 0.306 e. The first kappa shape index (κ1) is 12.7. The minimum absolute atomic E-state index is 0.309. The number of pyridine rings is 1. The Kier molecular flexibility index (Phi) is 3.18. The van der Waals surface area contributed by atoms with E-state index >= 15 is 0 Å². The van der Waals surface area contributed by atoms with Gasteiger partial charge in [0, 0.05) is 29.3 Å². The van der Waals surface area contributed by atoms with Crippen LogP contribution in [0.15, 0.2) is 24.5 Å². The fraction of sp³-hybridized carbons (Fsp3) is 0.333. The second-order valence-electron chi connectivity index (χ2n) is 5.07. The van der Waals surface area contributed by atoms with Crippen molar-refractivity contribution in [3.8, 4) is 11.4 Å². The van der Waals surface area contributed by atoms with Crippen molar-refractivity contribution < 1.29 is 9.90 Å². The molecule has 0 saturated carbocycles. The number of hydrogen-bond donors (Lipinski definition) is 1. The summed E-state index contributed by atoms with van der Waals surface area (Å²) < 4.78 is 0. The number of carboxylic acid groups (broad SMARTS) is 1. The molecular formula is C15H15N3O2. The van der Waals surface area contributed by atoms with Gasteiger partial charge in [0.2, 0.25) is 0 Å². The van der Waals surface area contributed by atoms with E-state index in [1.54, 1.807) is 12.4 Å². The average Bonchev–Trinajstić information content (AvgIpc) is 2.47. The van der Waals surface area contributed by atoms with Crippen molar-refractivity contribution in [2.75, 3.05) is 0 Å². The van der Waals surface area contributed by atoms with E-state index in [0.29, 0.717) is 25.1 Å². The number of aromatic nitrogens is 3. The minimum atomic E-state index is -0.728. The van der Waals surface area contributed by atoms with E-state index in [4.69, 9.17) is 5.11 Å². The molecule has 1 atom stereocenters. The van der Waals surface area contributed by atoms with E-state index in [1.807, 2.05) is 19.1 Å². The summed E-state index contributed by atoms with van der Waals surface area (Å²) >= 11 is 0. The SMILES string of the molecule is Cc1nc(-c2ccncc2)nc2c1CC(C(=O)O)CC2. The molecule has 2 heterocycles. The summed E-state index contributed by atoms with van der Waals surface area (Å²) in [4.78, 5) is 24.2. The lowest BCUT2D eigenvalue weighted by Crippen LogP contribution is -2.24. The number of carbonyl (C=O) groups is 1. The van der Waals surface area contributed by atoms with Gasteiger partial charge in [-0.25, -0.2) is 9.97 Å². The van der Waals surface area contributed by atoms with Crippen LogP contribution in [0.25, 0.3) is 11.4 Å². The molecule has 2 aromatic heterocycles. The summed E-state index contributed by atoms with van der Waals surface area (Å²) in [6, 6.07) is 3.76. The largest absolute Gasteiger partial charge is 0.481 e. The second kappa shape index (κ2) is 5.00. The maximum atomic E-state index is 11.1. The summed E-state index contributed by atoms with van der Waals surface area (Å²) in [5.74, 6) is -0.345. The van der Waals surface area contributed by atoms with Gasteiger partial charge >= 0.3 is 5.97 Å². The minimum Gasteiger partial charge on any atom is -0.481 e. The Balaban J connectivity index is 2.00. The lowest BCUT2D eigenvalue weighted by atomic mass is 9.86. The van der Waals surface area contributed by atoms with Crippen molar-refractivity contribution in [1.29, 1.82) is 0 Å². The van der Waals surface area contributed by atoms with Crippen molar-refractivity contribution in [1.82, 2.24) is 15.0 Å². The molecule has 1 N–H and O–H groups in total. The molecule has 2 aromatic rings. The van der Waals surface area contributed by atoms with Gasteiger partial charge in [-0.15, -0.1) is 0 Å². The zero-order valence-electron chi connectivity index (χ0n) is 11.2. The fourth-order valence-electron chi connectivity index (χ4n) is 2.63. The second-order valence-corrected chi connectivity index (χ2v) is 5.07. The molecule has 5 nitrogen and oxygen atoms in total. The lowest BCUT2D eigenvalue weighted by molar-refractivity contribution is -0.142. The van der Waals surface area contributed by atoms with Crippen LogP contribution in [0.1, 0.15) is 23.4 Å². The van der Waals surface area contributed by atoms with E-state index in [-0.39, 0.29) is 5.92 Å². The van der Waals surface area contributed by atoms with Crippen LogP contribution in [0.3, 0.4) is 0 Å². The number of fused-ring (bicyclic) bond motifs is 1. The van der Waals surface area contributed by atoms with Crippen molar-refractivity contribution in [3.05, 3.63) is 41.5 Å². The molecule has 0 spiro atoms. The summed E-state index contributed by atoms with van der Waals surface area (Å²) in [6.45, 7) is 1.93. The Bertz CT molecular complexity index is 656. The molecule has 0 saturated heterocycles. The van der Waals surface area contributed by atoms with Gasteiger partial charge in [0.05, 0.1) is 5.92 Å². The number of aryl methyl sites for hydroxylation is 2. The highest BCUT2D eigenvalue weighted by molar-refractivity contribution is 5.71. The summed E-state index contributed by atoms with van der Waals surface area (Å²) in [6.07, 6.45) is 5.32. The molecule has 1 unspecified atom stereocenters. The molecule has 20 heavy (non-hydrogen) atoms. The fourth-order valence-corrected chi connectivity index (χ4v) is 2.63. The molecule has 1 aliphatic carbocycles. The monoisotopic (exact) mass is 269 g/mol. The molecule has 1 aliphatic rings. The standard InChI is InChI=1S/C15H15N3O2/c1-9-12-8-11(15(19)20)2-3-13(12)18-14(17-9)10-4-6-16-7-5-10/h4-7,11H,2-3,8H2,1H3,(H,19,20). The van der Waals surface area contributed by atoms with Crippen LogP contribution in [-0.2, 0) is 17.6 Å². The molecule has 3 rings (SSSR count). The van der Waals surface area contributed by atoms with E-state index in [0.717, 1.165) is 22.5 Å². The van der Waals surface area contributed by atoms with Gasteiger partial charge in [0.25, 0.3) is 0 Å². The Morgan fingerprint density at radius 2 is 2.05 bits per heavy atom. The topological polar surface area (TPSA) is 76.0 Å². The third-order valence-electron chi connectivity index (χ3n) is 3.77. The highest BCUT2D eigenvalue weighted by atomic mass is 16.4. The quantitative estimate of drug-likeness (QED) is 0.902. The van der Waals surface area contributed by atoms with E-state index in [1.165, 1.54) is 0 Å². The van der Waals surface area contributed by atoms with Crippen molar-refractivity contribution in [2.45, 2.75) is 26.2 Å². The lowest BCUT2D eigenvalue weighted by Gasteiger charge is -2.22. The smallest absolute Gasteiger partial charge is 0.306 e. The normalized spacial score (nSPS) is 17.6. The van der Waals surface area contributed by atoms with Crippen LogP contribution in [0.4, 0.5) is 0 Å². The maximum absolute atomic E-state index is 11.1. The van der Waals surface area contributed by atoms with E-state index in [9.17, 15) is 4.79 Å². The first-order valence-corrected chi connectivity index (χ1v) is 6.64. The molecule has 0 fully saturated rings. The third-order valence-corrected chi connectivity index (χ3v) is 3.77. The Morgan fingerprint density at radius 3 is 2.75 bits per heavy atom. The predicted molar refractivity (Wildman–Crippen MR) is 73.2 cm³/mol. The molecule has 0 bridgehead atoms. The van der Waals surface area contributed by atoms with Gasteiger partial charge in [-0.1, -0.05) is 0 Å². The average molecular weight is 269 g/mol. The number of aliphatic carboxylic acids is 1. The van der Waals surface area contributed by atoms with Gasteiger partial charge in [-0.2, -0.15) is 0 Å². The summed E-state index contributed by atoms with van der Waals surface area (Å²) in [7, 11) is 0. The summed E-state index contributed by atoms with van der Waals surface area (Å²) in [5.41, 5.74) is 3.81. The predicted octanol–water partition coefficient (Wildman–Crippen LogP) is 2.04. The van der Waals surface area contributed by atoms with Gasteiger partial charge in [0.1, 0.15) is 0 Å². The molecule has 0 aliphatic heterocycles. The van der Waals surface area contributed by atoms with E-state index < -0.39 is 5.97 Å². The summed E-state index contributed by atoms with van der Waals surface area (Å²) in [5, 5.41) is 9.14. The van der Waals surface area contributed by atoms with Crippen molar-refractivity contribution >= 4 is 5.97 Å². The van der Waals surface area contributed by atoms with Gasteiger partial charge in [-0.05, 0) is 43.9 Å². The zero-order valence-corrected chi connectivity index (χ0v) is 11.2.